The molecule has 19 aromatic carbocycles. The van der Waals surface area contributed by atoms with Gasteiger partial charge in [0.25, 0.3) is 0 Å². The van der Waals surface area contributed by atoms with Gasteiger partial charge in [-0.25, -0.2) is 0 Å². The quantitative estimate of drug-likeness (QED) is 0.0469. The maximum atomic E-state index is 3.80. The van der Waals surface area contributed by atoms with Gasteiger partial charge >= 0.3 is 0 Å². The standard InChI is InChI=1S/C124H100/c1-3-5-7-9-11-13-15-17-19-21-63-107-109-65-35-51-95-73-69-91-47-31-59-103-77-99-55-27-43-87(113(99)81-117(91)103)39-23-25-41-89-45-29-57-101-79-105-61-33-49-93(119(105)83-115(89)101)71-75-97-53-37-67-111-108(64-22-20-18-16-14-12-10-8-6-4-2)112-68-38-54-98(124(112)86-123(97)111)76-72-94-50-34-62-106-80-102-58-30-46-90(116(102)84-120(94)106)42-26-24-40-88-44-28-56-100-78-104-60-32-48-92(118(104)82-114(88)100)70-74-96-52-36-66-110(107)122(96)85-121(95)109/h23,25,27-39,41,43-62,65-68,77-86H,3-22,63-64H2,1-2H3. The van der Waals surface area contributed by atoms with Crippen LogP contribution in [0, 0.1) is 72.8 Å². The fourth-order valence-corrected chi connectivity index (χ4v) is 19.3. The monoisotopic (exact) mass is 1590 g/mol. The van der Waals surface area contributed by atoms with Crippen molar-refractivity contribution in [1.82, 2.24) is 0 Å². The SMILES string of the molecule is CCCCCCCCCCCCc1c2cccc3c#cc4cccc5cc6cccc(c#cc#cc7cccc8cc9cccc(c#cc%10cccc%11c(CCCCCCCCCCCC)c%12cccc(c#cc%13cccc%14cc%15cccc(ccccc%16cccc%17cc%18cccc(c#cc%19cccc1c%19cc32)c%18cc%16%17)c%15cc%13%14)c%12cc%10%11)c9cc78)c6cc45. The zero-order valence-corrected chi connectivity index (χ0v) is 71.4. The summed E-state index contributed by atoms with van der Waals surface area (Å²) in [4.78, 5) is 0. The van der Waals surface area contributed by atoms with Gasteiger partial charge in [0.05, 0.1) is 0 Å². The zero-order valence-electron chi connectivity index (χ0n) is 71.4. The molecule has 0 amide bonds. The number of aryl methyl sites for hydroxylation is 2. The van der Waals surface area contributed by atoms with Gasteiger partial charge in [-0.1, -0.05) is 372 Å². The molecule has 0 heterocycles. The summed E-state index contributed by atoms with van der Waals surface area (Å²) in [6, 6.07) is 155. The second-order valence-electron chi connectivity index (χ2n) is 34.1. The topological polar surface area (TPSA) is 0 Å². The number of hydrogen-bond acceptors (Lipinski definition) is 0. The van der Waals surface area contributed by atoms with Gasteiger partial charge < -0.3 is 0 Å². The Balaban J connectivity index is 0.779. The Morgan fingerprint density at radius 3 is 0.597 bits per heavy atom. The molecule has 596 valence electrons. The maximum absolute atomic E-state index is 3.80. The molecule has 0 fully saturated rings. The fraction of sp³-hybridized carbons (Fsp3) is 0.194. The van der Waals surface area contributed by atoms with E-state index >= 15 is 0 Å². The molecule has 0 N–H and O–H groups in total. The molecule has 0 unspecified atom stereocenters. The van der Waals surface area contributed by atoms with Gasteiger partial charge in [-0.3, -0.25) is 0 Å². The highest BCUT2D eigenvalue weighted by atomic mass is 14.2. The summed E-state index contributed by atoms with van der Waals surface area (Å²) in [6.45, 7) is 4.60. The highest BCUT2D eigenvalue weighted by Crippen LogP contribution is 2.39. The Labute approximate surface area is 731 Å². The van der Waals surface area contributed by atoms with Crippen molar-refractivity contribution in [3.8, 4) is 0 Å². The van der Waals surface area contributed by atoms with Crippen molar-refractivity contribution in [2.75, 3.05) is 0 Å². The molecular weight excluding hydrogens is 1490 g/mol. The van der Waals surface area contributed by atoms with Crippen molar-refractivity contribution in [2.24, 2.45) is 0 Å². The zero-order chi connectivity index (χ0) is 83.3. The van der Waals surface area contributed by atoms with E-state index in [0.717, 1.165) is 166 Å². The molecule has 0 spiro atoms. The Morgan fingerprint density at radius 1 is 0.145 bits per heavy atom. The predicted octanol–water partition coefficient (Wildman–Crippen LogP) is 35.2. The summed E-state index contributed by atoms with van der Waals surface area (Å²) in [5, 5.41) is 40.0. The highest BCUT2D eigenvalue weighted by molar-refractivity contribution is 6.18. The third-order valence-electron chi connectivity index (χ3n) is 25.9. The minimum absolute atomic E-state index is 0.922. The first-order valence-electron chi connectivity index (χ1n) is 45.7. The summed E-state index contributed by atoms with van der Waals surface area (Å²) in [5.41, 5.74) is 2.76. The van der Waals surface area contributed by atoms with Gasteiger partial charge in [-0.15, -0.1) is 0 Å². The lowest BCUT2D eigenvalue weighted by atomic mass is 9.91. The van der Waals surface area contributed by atoms with Crippen LogP contribution in [0.1, 0.15) is 153 Å². The Morgan fingerprint density at radius 2 is 0.331 bits per heavy atom. The molecule has 0 aromatic heterocycles. The van der Waals surface area contributed by atoms with Crippen LogP contribution in [0.2, 0.25) is 0 Å². The van der Waals surface area contributed by atoms with E-state index in [0.29, 0.717) is 0 Å². The van der Waals surface area contributed by atoms with Gasteiger partial charge in [-0.2, -0.15) is 0 Å². The lowest BCUT2D eigenvalue weighted by Crippen LogP contribution is -1.92. The number of unbranched alkanes of at least 4 members (excludes halogenated alkanes) is 18. The molecule has 0 aliphatic heterocycles. The Hall–Kier alpha value is -14.1. The molecule has 0 atom stereocenters. The molecule has 19 rings (SSSR count). The van der Waals surface area contributed by atoms with Crippen molar-refractivity contribution < 1.29 is 0 Å². The van der Waals surface area contributed by atoms with Gasteiger partial charge in [0, 0.05) is 53.9 Å². The van der Waals surface area contributed by atoms with E-state index in [1.165, 1.54) is 181 Å². The predicted molar refractivity (Wildman–Crippen MR) is 536 cm³/mol. The molecule has 0 aliphatic rings. The first-order chi connectivity index (χ1) is 61.4. The molecule has 19 aromatic rings. The molecule has 0 radical (unpaired) electrons. The van der Waals surface area contributed by atoms with Gasteiger partial charge in [-0.05, 0) is 310 Å². The minimum atomic E-state index is 0.922. The lowest BCUT2D eigenvalue weighted by Gasteiger charge is -2.13. The first kappa shape index (κ1) is 79.7. The third kappa shape index (κ3) is 17.2. The average molecular weight is 1590 g/mol. The van der Waals surface area contributed by atoms with E-state index in [9.17, 15) is 0 Å². The number of hydrogen-bond donors (Lipinski definition) is 0. The van der Waals surface area contributed by atoms with Crippen LogP contribution in [0.5, 0.6) is 0 Å². The van der Waals surface area contributed by atoms with Crippen molar-refractivity contribution >= 4 is 194 Å². The van der Waals surface area contributed by atoms with Crippen LogP contribution in [-0.4, -0.2) is 0 Å². The molecule has 0 nitrogen and oxygen atoms in total. The van der Waals surface area contributed by atoms with Gasteiger partial charge in [0.1, 0.15) is 0 Å². The molecule has 0 heteroatoms. The van der Waals surface area contributed by atoms with Crippen LogP contribution in [-0.2, 0) is 12.8 Å². The van der Waals surface area contributed by atoms with Crippen molar-refractivity contribution in [3.63, 3.8) is 0 Å². The summed E-state index contributed by atoms with van der Waals surface area (Å²) < 4.78 is 0. The lowest BCUT2D eigenvalue weighted by molar-refractivity contribution is 0.557. The van der Waals surface area contributed by atoms with E-state index in [-0.39, 0.29) is 0 Å². The molecule has 0 saturated carbocycles. The fourth-order valence-electron chi connectivity index (χ4n) is 19.3. The summed E-state index contributed by atoms with van der Waals surface area (Å²) in [7, 11) is 0. The van der Waals surface area contributed by atoms with Crippen LogP contribution in [0.3, 0.4) is 0 Å². The number of rotatable bonds is 22. The Bertz CT molecular complexity index is 6840. The highest BCUT2D eigenvalue weighted by Gasteiger charge is 2.15. The maximum Gasteiger partial charge on any atom is 0.0334 e. The van der Waals surface area contributed by atoms with Crippen molar-refractivity contribution in [2.45, 2.75) is 155 Å². The second-order valence-corrected chi connectivity index (χ2v) is 34.1. The third-order valence-corrected chi connectivity index (χ3v) is 25.9. The van der Waals surface area contributed by atoms with E-state index in [1.54, 1.807) is 0 Å². The van der Waals surface area contributed by atoms with Gasteiger partial charge in [0.15, 0.2) is 0 Å². The van der Waals surface area contributed by atoms with E-state index < -0.39 is 0 Å². The van der Waals surface area contributed by atoms with Crippen molar-refractivity contribution in [1.29, 1.82) is 0 Å². The second kappa shape index (κ2) is 37.5. The largest absolute Gasteiger partial charge is 0.0654 e. The first-order valence-corrected chi connectivity index (χ1v) is 45.7. The van der Waals surface area contributed by atoms with Crippen LogP contribution in [0.25, 0.3) is 194 Å². The normalized spacial score (nSPS) is 11.3. The van der Waals surface area contributed by atoms with Crippen LogP contribution < -0.4 is 0 Å². The molecular formula is C124H100. The van der Waals surface area contributed by atoms with Crippen LogP contribution in [0.4, 0.5) is 0 Å². The van der Waals surface area contributed by atoms with E-state index in [4.69, 9.17) is 0 Å². The molecule has 0 aliphatic carbocycles. The minimum Gasteiger partial charge on any atom is -0.0654 e. The van der Waals surface area contributed by atoms with Gasteiger partial charge in [0.2, 0.25) is 0 Å². The number of benzene rings is 18. The van der Waals surface area contributed by atoms with E-state index in [1.807, 2.05) is 0 Å². The molecule has 124 heavy (non-hydrogen) atoms. The smallest absolute Gasteiger partial charge is 0.0334 e. The Kier molecular flexibility index (Phi) is 24.1. The summed E-state index contributed by atoms with van der Waals surface area (Å²) >= 11 is 0. The van der Waals surface area contributed by atoms with Crippen LogP contribution in [0.15, 0.2) is 303 Å². The summed E-state index contributed by atoms with van der Waals surface area (Å²) in [5.74, 6) is 0. The molecule has 12 bridgehead atoms. The van der Waals surface area contributed by atoms with E-state index in [2.05, 4.69) is 390 Å². The average Bonchev–Trinajstić information content (AvgIpc) is 0.753. The van der Waals surface area contributed by atoms with Crippen LogP contribution >= 0.6 is 0 Å². The molecule has 0 saturated heterocycles. The summed E-state index contributed by atoms with van der Waals surface area (Å²) in [6.07, 6.45) is 27.8. The van der Waals surface area contributed by atoms with Crippen molar-refractivity contribution in [3.05, 3.63) is 387 Å².